The molecule has 1 rings (SSSR count). The fraction of sp³-hybridized carbons (Fsp3) is 0.611. The van der Waals surface area contributed by atoms with Gasteiger partial charge in [-0.1, -0.05) is 0 Å². The number of ether oxygens (including phenoxy) is 2. The van der Waals surface area contributed by atoms with Crippen LogP contribution in [0.2, 0.25) is 0 Å². The molecular weight excluding hydrogens is 452 g/mol. The van der Waals surface area contributed by atoms with Crippen LogP contribution in [0.1, 0.15) is 39.7 Å². The Morgan fingerprint density at radius 2 is 1.84 bits per heavy atom. The molecule has 142 valence electrons. The molecule has 0 fully saturated rings. The molecule has 0 radical (unpaired) electrons. The minimum Gasteiger partial charge on any atom is -0.494 e. The number of methoxy groups -OCH3 is 1. The average Bonchev–Trinajstić information content (AvgIpc) is 2.48. The SMILES string of the molecule is CCN(CCCNCc1cc(Br)c(OC)c(Br)c1)C(=O)OC(C)(C)C. The van der Waals surface area contributed by atoms with Crippen molar-refractivity contribution in [3.8, 4) is 5.75 Å². The highest BCUT2D eigenvalue weighted by atomic mass is 79.9. The van der Waals surface area contributed by atoms with Crippen molar-refractivity contribution in [3.63, 3.8) is 0 Å². The second kappa shape index (κ2) is 10.4. The largest absolute Gasteiger partial charge is 0.494 e. The summed E-state index contributed by atoms with van der Waals surface area (Å²) >= 11 is 7.02. The van der Waals surface area contributed by atoms with E-state index in [0.29, 0.717) is 13.1 Å². The van der Waals surface area contributed by atoms with Crippen LogP contribution in [0.25, 0.3) is 0 Å². The molecule has 7 heteroatoms. The van der Waals surface area contributed by atoms with Crippen molar-refractivity contribution >= 4 is 38.0 Å². The maximum Gasteiger partial charge on any atom is 0.410 e. The summed E-state index contributed by atoms with van der Waals surface area (Å²) in [6, 6.07) is 4.07. The summed E-state index contributed by atoms with van der Waals surface area (Å²) in [5.74, 6) is 0.791. The molecule has 0 aromatic heterocycles. The maximum absolute atomic E-state index is 12.1. The van der Waals surface area contributed by atoms with Gasteiger partial charge in [0, 0.05) is 19.6 Å². The molecule has 1 aromatic carbocycles. The van der Waals surface area contributed by atoms with Gasteiger partial charge in [-0.3, -0.25) is 0 Å². The number of hydrogen-bond acceptors (Lipinski definition) is 4. The Morgan fingerprint density at radius 1 is 1.24 bits per heavy atom. The smallest absolute Gasteiger partial charge is 0.410 e. The molecule has 25 heavy (non-hydrogen) atoms. The van der Waals surface area contributed by atoms with Crippen LogP contribution in [0.15, 0.2) is 21.1 Å². The first-order chi connectivity index (χ1) is 11.7. The molecule has 0 saturated heterocycles. The molecule has 0 heterocycles. The standard InChI is InChI=1S/C18H28Br2N2O3/c1-6-22(17(23)25-18(2,3)4)9-7-8-21-12-13-10-14(19)16(24-5)15(20)11-13/h10-11,21H,6-9,12H2,1-5H3. The van der Waals surface area contributed by atoms with Crippen molar-refractivity contribution in [1.82, 2.24) is 10.2 Å². The van der Waals surface area contributed by atoms with E-state index in [-0.39, 0.29) is 6.09 Å². The lowest BCUT2D eigenvalue weighted by Gasteiger charge is -2.26. The number of halogens is 2. The van der Waals surface area contributed by atoms with Gasteiger partial charge in [-0.05, 0) is 90.2 Å². The van der Waals surface area contributed by atoms with E-state index < -0.39 is 5.60 Å². The number of rotatable bonds is 8. The summed E-state index contributed by atoms with van der Waals surface area (Å²) in [6.45, 7) is 10.5. The Hall–Kier alpha value is -0.790. The molecule has 1 N–H and O–H groups in total. The molecule has 5 nitrogen and oxygen atoms in total. The lowest BCUT2D eigenvalue weighted by atomic mass is 10.2. The topological polar surface area (TPSA) is 50.8 Å². The summed E-state index contributed by atoms with van der Waals surface area (Å²) in [7, 11) is 1.65. The number of nitrogens with zero attached hydrogens (tertiary/aromatic N) is 1. The van der Waals surface area contributed by atoms with Gasteiger partial charge in [-0.15, -0.1) is 0 Å². The zero-order valence-corrected chi connectivity index (χ0v) is 18.8. The lowest BCUT2D eigenvalue weighted by molar-refractivity contribution is 0.0258. The molecule has 1 aromatic rings. The van der Waals surface area contributed by atoms with Crippen LogP contribution in [0, 0.1) is 0 Å². The molecule has 0 atom stereocenters. The van der Waals surface area contributed by atoms with Crippen LogP contribution in [0.5, 0.6) is 5.75 Å². The molecule has 1 amide bonds. The molecule has 0 unspecified atom stereocenters. The average molecular weight is 480 g/mol. The van der Waals surface area contributed by atoms with Gasteiger partial charge in [0.2, 0.25) is 0 Å². The van der Waals surface area contributed by atoms with Crippen LogP contribution in [0.4, 0.5) is 4.79 Å². The number of hydrogen-bond donors (Lipinski definition) is 1. The number of carbonyl (C=O) groups is 1. The van der Waals surface area contributed by atoms with E-state index >= 15 is 0 Å². The Kier molecular flexibility index (Phi) is 9.24. The predicted molar refractivity (Wildman–Crippen MR) is 108 cm³/mol. The third-order valence-electron chi connectivity index (χ3n) is 3.41. The Bertz CT molecular complexity index is 551. The van der Waals surface area contributed by atoms with Crippen molar-refractivity contribution in [3.05, 3.63) is 26.6 Å². The molecule has 0 aliphatic rings. The fourth-order valence-corrected chi connectivity index (χ4v) is 3.85. The number of carbonyl (C=O) groups excluding carboxylic acids is 1. The lowest BCUT2D eigenvalue weighted by Crippen LogP contribution is -2.38. The van der Waals surface area contributed by atoms with Gasteiger partial charge in [-0.2, -0.15) is 0 Å². The fourth-order valence-electron chi connectivity index (χ4n) is 2.24. The van der Waals surface area contributed by atoms with Crippen molar-refractivity contribution in [2.75, 3.05) is 26.7 Å². The molecular formula is C18H28Br2N2O3. The second-order valence-electron chi connectivity index (χ2n) is 6.68. The molecule has 0 aliphatic heterocycles. The van der Waals surface area contributed by atoms with E-state index in [0.717, 1.165) is 39.8 Å². The number of benzene rings is 1. The minimum absolute atomic E-state index is 0.252. The second-order valence-corrected chi connectivity index (χ2v) is 8.39. The third-order valence-corrected chi connectivity index (χ3v) is 4.58. The highest BCUT2D eigenvalue weighted by molar-refractivity contribution is 9.11. The van der Waals surface area contributed by atoms with Crippen LogP contribution in [-0.2, 0) is 11.3 Å². The van der Waals surface area contributed by atoms with Crippen LogP contribution >= 0.6 is 31.9 Å². The maximum atomic E-state index is 12.1. The number of nitrogens with one attached hydrogen (secondary N) is 1. The Morgan fingerprint density at radius 3 is 2.32 bits per heavy atom. The molecule has 0 aliphatic carbocycles. The first-order valence-electron chi connectivity index (χ1n) is 8.38. The summed E-state index contributed by atoms with van der Waals surface area (Å²) < 4.78 is 12.6. The minimum atomic E-state index is -0.460. The monoisotopic (exact) mass is 478 g/mol. The van der Waals surface area contributed by atoms with Crippen LogP contribution in [0.3, 0.4) is 0 Å². The Labute approximate surface area is 167 Å². The van der Waals surface area contributed by atoms with Gasteiger partial charge in [0.15, 0.2) is 0 Å². The van der Waals surface area contributed by atoms with Gasteiger partial charge < -0.3 is 19.7 Å². The molecule has 0 bridgehead atoms. The van der Waals surface area contributed by atoms with Crippen molar-refractivity contribution < 1.29 is 14.3 Å². The summed E-state index contributed by atoms with van der Waals surface area (Å²) in [6.07, 6.45) is 0.615. The molecule has 0 spiro atoms. The van der Waals surface area contributed by atoms with E-state index in [1.54, 1.807) is 12.0 Å². The summed E-state index contributed by atoms with van der Waals surface area (Å²) in [4.78, 5) is 13.8. The van der Waals surface area contributed by atoms with E-state index in [1.165, 1.54) is 0 Å². The van der Waals surface area contributed by atoms with Gasteiger partial charge in [-0.25, -0.2) is 4.79 Å². The van der Waals surface area contributed by atoms with Crippen molar-refractivity contribution in [2.24, 2.45) is 0 Å². The zero-order chi connectivity index (χ0) is 19.0. The van der Waals surface area contributed by atoms with Crippen molar-refractivity contribution in [2.45, 2.75) is 46.3 Å². The van der Waals surface area contributed by atoms with Crippen LogP contribution in [-0.4, -0.2) is 43.3 Å². The van der Waals surface area contributed by atoms with Gasteiger partial charge >= 0.3 is 6.09 Å². The highest BCUT2D eigenvalue weighted by Gasteiger charge is 2.20. The quantitative estimate of drug-likeness (QED) is 0.535. The van der Waals surface area contributed by atoms with Gasteiger partial charge in [0.1, 0.15) is 11.4 Å². The van der Waals surface area contributed by atoms with E-state index in [9.17, 15) is 4.79 Å². The van der Waals surface area contributed by atoms with E-state index in [2.05, 4.69) is 37.2 Å². The van der Waals surface area contributed by atoms with Gasteiger partial charge in [0.25, 0.3) is 0 Å². The first-order valence-corrected chi connectivity index (χ1v) is 9.97. The predicted octanol–water partition coefficient (Wildman–Crippen LogP) is 4.96. The van der Waals surface area contributed by atoms with E-state index in [4.69, 9.17) is 9.47 Å². The molecule has 0 saturated carbocycles. The van der Waals surface area contributed by atoms with Crippen molar-refractivity contribution in [1.29, 1.82) is 0 Å². The van der Waals surface area contributed by atoms with Crippen LogP contribution < -0.4 is 10.1 Å². The first kappa shape index (κ1) is 22.3. The highest BCUT2D eigenvalue weighted by Crippen LogP contribution is 2.34. The van der Waals surface area contributed by atoms with E-state index in [1.807, 2.05) is 39.8 Å². The normalized spacial score (nSPS) is 11.3. The summed E-state index contributed by atoms with van der Waals surface area (Å²) in [5.41, 5.74) is 0.691. The number of amides is 1. The third kappa shape index (κ3) is 7.96. The van der Waals surface area contributed by atoms with Gasteiger partial charge in [0.05, 0.1) is 16.1 Å². The Balaban J connectivity index is 2.39. The summed E-state index contributed by atoms with van der Waals surface area (Å²) in [5, 5.41) is 3.40. The zero-order valence-electron chi connectivity index (χ0n) is 15.6.